The van der Waals surface area contributed by atoms with Crippen LogP contribution in [0, 0.1) is 0 Å². The molecule has 0 aliphatic carbocycles. The third-order valence-electron chi connectivity index (χ3n) is 4.88. The molecule has 1 aliphatic rings. The number of carbonyl (C=O) groups is 1. The molecule has 174 valence electrons. The van der Waals surface area contributed by atoms with Gasteiger partial charge in [-0.1, -0.05) is 18.2 Å². The van der Waals surface area contributed by atoms with Gasteiger partial charge in [0.1, 0.15) is 5.75 Å². The summed E-state index contributed by atoms with van der Waals surface area (Å²) in [5.41, 5.74) is -0.333. The molecule has 0 saturated heterocycles. The highest BCUT2D eigenvalue weighted by Gasteiger charge is 2.40. The molecule has 2 aromatic carbocycles. The number of carboxylic acids is 1. The fourth-order valence-electron chi connectivity index (χ4n) is 3.47. The van der Waals surface area contributed by atoms with Crippen molar-refractivity contribution < 1.29 is 42.0 Å². The van der Waals surface area contributed by atoms with E-state index in [0.717, 1.165) is 4.68 Å². The van der Waals surface area contributed by atoms with E-state index in [9.17, 15) is 18.0 Å². The number of nitrogens with zero attached hydrogens (tertiary/aromatic N) is 2. The Morgan fingerprint density at radius 3 is 2.67 bits per heavy atom. The number of ether oxygens (including phenoxy) is 4. The second-order valence-electron chi connectivity index (χ2n) is 7.19. The van der Waals surface area contributed by atoms with Crippen LogP contribution in [0.15, 0.2) is 42.5 Å². The second-order valence-corrected chi connectivity index (χ2v) is 7.19. The first kappa shape index (κ1) is 22.3. The average molecular weight is 464 g/mol. The summed E-state index contributed by atoms with van der Waals surface area (Å²) in [6, 6.07) is 11.5. The van der Waals surface area contributed by atoms with Crippen LogP contribution in [0.5, 0.6) is 23.1 Å². The quantitative estimate of drug-likeness (QED) is 0.543. The van der Waals surface area contributed by atoms with E-state index >= 15 is 0 Å². The number of carboxylic acid groups (broad SMARTS) is 1. The largest absolute Gasteiger partial charge is 0.497 e. The van der Waals surface area contributed by atoms with Gasteiger partial charge in [0, 0.05) is 6.42 Å². The van der Waals surface area contributed by atoms with Gasteiger partial charge in [0.15, 0.2) is 23.8 Å². The molecule has 0 spiro atoms. The van der Waals surface area contributed by atoms with Crippen molar-refractivity contribution in [1.82, 2.24) is 9.78 Å². The Balaban J connectivity index is 1.77. The second kappa shape index (κ2) is 8.93. The molecule has 0 fully saturated rings. The van der Waals surface area contributed by atoms with Gasteiger partial charge in [-0.3, -0.25) is 0 Å². The SMILES string of the molecule is COc1cccc(Cn2nc(C(F)(F)F)c(Cc3ccc4c(c3)OCO4)c2OCC(=O)O)c1. The van der Waals surface area contributed by atoms with E-state index in [2.05, 4.69) is 5.10 Å². The molecule has 0 atom stereocenters. The number of aliphatic carboxylic acids is 1. The molecule has 0 bridgehead atoms. The fourth-order valence-corrected chi connectivity index (χ4v) is 3.47. The van der Waals surface area contributed by atoms with Crippen LogP contribution < -0.4 is 18.9 Å². The summed E-state index contributed by atoms with van der Waals surface area (Å²) in [5, 5.41) is 12.8. The third kappa shape index (κ3) is 4.97. The van der Waals surface area contributed by atoms with E-state index in [4.69, 9.17) is 24.1 Å². The Bertz CT molecular complexity index is 1180. The summed E-state index contributed by atoms with van der Waals surface area (Å²) in [5.74, 6) is -0.176. The average Bonchev–Trinajstić information content (AvgIpc) is 3.36. The molecule has 11 heteroatoms. The molecule has 8 nitrogen and oxygen atoms in total. The fraction of sp³-hybridized carbons (Fsp3) is 0.273. The lowest BCUT2D eigenvalue weighted by atomic mass is 10.0. The number of hydrogen-bond donors (Lipinski definition) is 1. The Kier molecular flexibility index (Phi) is 6.03. The van der Waals surface area contributed by atoms with Gasteiger partial charge >= 0.3 is 12.1 Å². The zero-order valence-electron chi connectivity index (χ0n) is 17.4. The predicted molar refractivity (Wildman–Crippen MR) is 108 cm³/mol. The Labute approximate surface area is 186 Å². The monoisotopic (exact) mass is 464 g/mol. The highest BCUT2D eigenvalue weighted by molar-refractivity contribution is 5.68. The smallest absolute Gasteiger partial charge is 0.435 e. The number of benzene rings is 2. The van der Waals surface area contributed by atoms with E-state index in [0.29, 0.717) is 28.4 Å². The predicted octanol–water partition coefficient (Wildman–Crippen LogP) is 3.74. The van der Waals surface area contributed by atoms with Gasteiger partial charge in [0.2, 0.25) is 12.7 Å². The molecule has 2 heterocycles. The zero-order chi connectivity index (χ0) is 23.6. The molecule has 1 aliphatic heterocycles. The normalized spacial score (nSPS) is 12.6. The molecule has 33 heavy (non-hydrogen) atoms. The Morgan fingerprint density at radius 2 is 1.94 bits per heavy atom. The van der Waals surface area contributed by atoms with Gasteiger partial charge in [0.05, 0.1) is 19.2 Å². The van der Waals surface area contributed by atoms with Crippen LogP contribution in [0.4, 0.5) is 13.2 Å². The first-order chi connectivity index (χ1) is 15.7. The highest BCUT2D eigenvalue weighted by Crippen LogP contribution is 2.39. The third-order valence-corrected chi connectivity index (χ3v) is 4.88. The number of alkyl halides is 3. The number of aromatic nitrogens is 2. The molecule has 0 saturated carbocycles. The van der Waals surface area contributed by atoms with E-state index in [1.165, 1.54) is 7.11 Å². The maximum absolute atomic E-state index is 13.9. The molecular formula is C22H19F3N2O6. The van der Waals surface area contributed by atoms with Gasteiger partial charge < -0.3 is 24.1 Å². The van der Waals surface area contributed by atoms with Crippen LogP contribution in [0.3, 0.4) is 0 Å². The first-order valence-corrected chi connectivity index (χ1v) is 9.77. The van der Waals surface area contributed by atoms with Crippen LogP contribution in [0.25, 0.3) is 0 Å². The molecule has 0 amide bonds. The van der Waals surface area contributed by atoms with Crippen molar-refractivity contribution in [3.63, 3.8) is 0 Å². The minimum Gasteiger partial charge on any atom is -0.497 e. The van der Waals surface area contributed by atoms with E-state index in [-0.39, 0.29) is 31.2 Å². The standard InChI is InChI=1S/C22H19F3N2O6/c1-30-15-4-2-3-14(7-15)10-27-21(31-11-19(28)29)16(20(26-27)22(23,24)25)8-13-5-6-17-18(9-13)33-12-32-17/h2-7,9H,8,10-12H2,1H3,(H,28,29). The number of fused-ring (bicyclic) bond motifs is 1. The summed E-state index contributed by atoms with van der Waals surface area (Å²) in [6.07, 6.45) is -4.99. The molecule has 4 rings (SSSR count). The van der Waals surface area contributed by atoms with Gasteiger partial charge in [-0.15, -0.1) is 0 Å². The van der Waals surface area contributed by atoms with Crippen LogP contribution in [-0.2, 0) is 23.9 Å². The summed E-state index contributed by atoms with van der Waals surface area (Å²) in [4.78, 5) is 11.1. The van der Waals surface area contributed by atoms with Crippen molar-refractivity contribution in [2.45, 2.75) is 19.1 Å². The van der Waals surface area contributed by atoms with Crippen LogP contribution >= 0.6 is 0 Å². The highest BCUT2D eigenvalue weighted by atomic mass is 19.4. The van der Waals surface area contributed by atoms with Gasteiger partial charge in [-0.25, -0.2) is 9.48 Å². The molecule has 0 unspecified atom stereocenters. The molecular weight excluding hydrogens is 445 g/mol. The van der Waals surface area contributed by atoms with Crippen molar-refractivity contribution in [2.75, 3.05) is 20.5 Å². The molecule has 1 aromatic heterocycles. The minimum atomic E-state index is -4.79. The van der Waals surface area contributed by atoms with Gasteiger partial charge in [-0.2, -0.15) is 18.3 Å². The maximum Gasteiger partial charge on any atom is 0.435 e. The zero-order valence-corrected chi connectivity index (χ0v) is 17.4. The summed E-state index contributed by atoms with van der Waals surface area (Å²) in [6.45, 7) is -0.885. The van der Waals surface area contributed by atoms with Crippen LogP contribution in [0.1, 0.15) is 22.4 Å². The lowest BCUT2D eigenvalue weighted by Gasteiger charge is -2.12. The maximum atomic E-state index is 13.9. The van der Waals surface area contributed by atoms with Crippen molar-refractivity contribution in [1.29, 1.82) is 0 Å². The van der Waals surface area contributed by atoms with Crippen molar-refractivity contribution in [3.05, 3.63) is 64.8 Å². The van der Waals surface area contributed by atoms with Crippen molar-refractivity contribution in [3.8, 4) is 23.1 Å². The lowest BCUT2D eigenvalue weighted by Crippen LogP contribution is -2.14. The van der Waals surface area contributed by atoms with Crippen LogP contribution in [-0.4, -0.2) is 41.4 Å². The summed E-state index contributed by atoms with van der Waals surface area (Å²) in [7, 11) is 1.47. The number of halogens is 3. The van der Waals surface area contributed by atoms with E-state index in [1.54, 1.807) is 42.5 Å². The molecule has 3 aromatic rings. The number of rotatable bonds is 8. The first-order valence-electron chi connectivity index (χ1n) is 9.77. The number of hydrogen-bond acceptors (Lipinski definition) is 6. The minimum absolute atomic E-state index is 0.0258. The van der Waals surface area contributed by atoms with Gasteiger partial charge in [0.25, 0.3) is 0 Å². The molecule has 1 N–H and O–H groups in total. The Morgan fingerprint density at radius 1 is 1.15 bits per heavy atom. The Hall–Kier alpha value is -3.89. The van der Waals surface area contributed by atoms with E-state index in [1.807, 2.05) is 0 Å². The number of methoxy groups -OCH3 is 1. The summed E-state index contributed by atoms with van der Waals surface area (Å²) >= 11 is 0. The topological polar surface area (TPSA) is 92.0 Å². The lowest BCUT2D eigenvalue weighted by molar-refractivity contribution is -0.142. The van der Waals surface area contributed by atoms with Crippen LogP contribution in [0.2, 0.25) is 0 Å². The summed E-state index contributed by atoms with van der Waals surface area (Å²) < 4.78 is 63.8. The van der Waals surface area contributed by atoms with E-state index < -0.39 is 24.4 Å². The van der Waals surface area contributed by atoms with Crippen molar-refractivity contribution >= 4 is 5.97 Å². The molecule has 0 radical (unpaired) electrons. The van der Waals surface area contributed by atoms with Crippen molar-refractivity contribution in [2.24, 2.45) is 0 Å². The van der Waals surface area contributed by atoms with Gasteiger partial charge in [-0.05, 0) is 35.4 Å².